The number of fused-ring (bicyclic) bond motifs is 1. The number of hydrogen-bond acceptors (Lipinski definition) is 4. The molecule has 6 nitrogen and oxygen atoms in total. The molecule has 4 rings (SSSR count). The third kappa shape index (κ3) is 3.39. The molecule has 1 N–H and O–H groups in total. The van der Waals surface area contributed by atoms with E-state index in [4.69, 9.17) is 0 Å². The van der Waals surface area contributed by atoms with E-state index in [0.717, 1.165) is 25.2 Å². The maximum Gasteiger partial charge on any atom is 0.0653 e. The Kier molecular flexibility index (Phi) is 4.78. The molecule has 1 aromatic carbocycles. The van der Waals surface area contributed by atoms with Crippen LogP contribution in [0, 0.1) is 5.92 Å². The molecular formula is C20H28N6. The van der Waals surface area contributed by atoms with Gasteiger partial charge in [0.15, 0.2) is 0 Å². The highest BCUT2D eigenvalue weighted by atomic mass is 15.3. The Morgan fingerprint density at radius 1 is 1.27 bits per heavy atom. The lowest BCUT2D eigenvalue weighted by molar-refractivity contribution is 0.0873. The van der Waals surface area contributed by atoms with E-state index in [-0.39, 0.29) is 0 Å². The molecule has 138 valence electrons. The van der Waals surface area contributed by atoms with E-state index >= 15 is 0 Å². The molecule has 0 bridgehead atoms. The van der Waals surface area contributed by atoms with Crippen molar-refractivity contribution < 1.29 is 0 Å². The number of benzene rings is 1. The summed E-state index contributed by atoms with van der Waals surface area (Å²) < 4.78 is 2.03. The van der Waals surface area contributed by atoms with Crippen LogP contribution >= 0.6 is 0 Å². The van der Waals surface area contributed by atoms with Gasteiger partial charge in [-0.25, -0.2) is 0 Å². The first-order chi connectivity index (χ1) is 12.6. The summed E-state index contributed by atoms with van der Waals surface area (Å²) >= 11 is 0. The van der Waals surface area contributed by atoms with Gasteiger partial charge in [-0.15, -0.1) is 0 Å². The highest BCUT2D eigenvalue weighted by Gasteiger charge is 2.32. The fraction of sp³-hybridized carbons (Fsp3) is 0.500. The third-order valence-corrected chi connectivity index (χ3v) is 5.67. The molecule has 2 aromatic heterocycles. The molecule has 0 amide bonds. The van der Waals surface area contributed by atoms with Crippen molar-refractivity contribution >= 4 is 10.9 Å². The van der Waals surface area contributed by atoms with Gasteiger partial charge in [-0.3, -0.25) is 14.7 Å². The van der Waals surface area contributed by atoms with E-state index in [2.05, 4.69) is 70.5 Å². The summed E-state index contributed by atoms with van der Waals surface area (Å²) in [4.78, 5) is 4.94. The number of nitrogens with zero attached hydrogens (tertiary/aromatic N) is 5. The minimum Gasteiger partial charge on any atom is -0.302 e. The Morgan fingerprint density at radius 2 is 2.15 bits per heavy atom. The van der Waals surface area contributed by atoms with Crippen molar-refractivity contribution in [1.82, 2.24) is 29.8 Å². The van der Waals surface area contributed by atoms with Gasteiger partial charge < -0.3 is 4.90 Å². The highest BCUT2D eigenvalue weighted by Crippen LogP contribution is 2.35. The van der Waals surface area contributed by atoms with Gasteiger partial charge in [-0.2, -0.15) is 10.2 Å². The summed E-state index contributed by atoms with van der Waals surface area (Å²) in [5, 5.41) is 12.8. The minimum atomic E-state index is 0.439. The number of nitrogens with one attached hydrogen (secondary N) is 1. The van der Waals surface area contributed by atoms with Crippen LogP contribution in [0.5, 0.6) is 0 Å². The van der Waals surface area contributed by atoms with Gasteiger partial charge in [0.05, 0.1) is 23.4 Å². The molecule has 6 heteroatoms. The number of H-pyrrole nitrogens is 1. The van der Waals surface area contributed by atoms with Crippen molar-refractivity contribution in [2.75, 3.05) is 27.2 Å². The maximum atomic E-state index is 4.40. The Hall–Kier alpha value is -2.18. The number of rotatable bonds is 5. The molecule has 0 saturated carbocycles. The van der Waals surface area contributed by atoms with Crippen molar-refractivity contribution in [3.63, 3.8) is 0 Å². The fourth-order valence-electron chi connectivity index (χ4n) is 4.45. The molecule has 1 fully saturated rings. The predicted octanol–water partition coefficient (Wildman–Crippen LogP) is 2.81. The summed E-state index contributed by atoms with van der Waals surface area (Å²) in [5.41, 5.74) is 3.76. The average Bonchev–Trinajstić information content (AvgIpc) is 3.23. The van der Waals surface area contributed by atoms with E-state index in [1.165, 1.54) is 29.5 Å². The highest BCUT2D eigenvalue weighted by molar-refractivity contribution is 5.78. The van der Waals surface area contributed by atoms with E-state index in [9.17, 15) is 0 Å². The predicted molar refractivity (Wildman–Crippen MR) is 104 cm³/mol. The molecule has 1 aliphatic rings. The zero-order valence-electron chi connectivity index (χ0n) is 15.9. The minimum absolute atomic E-state index is 0.439. The maximum absolute atomic E-state index is 4.40. The van der Waals surface area contributed by atoms with Gasteiger partial charge in [0.1, 0.15) is 0 Å². The molecule has 1 aliphatic heterocycles. The fourth-order valence-corrected chi connectivity index (χ4v) is 4.45. The van der Waals surface area contributed by atoms with Crippen LogP contribution in [0.4, 0.5) is 0 Å². The first-order valence-corrected chi connectivity index (χ1v) is 9.40. The van der Waals surface area contributed by atoms with Crippen molar-refractivity contribution in [2.45, 2.75) is 25.4 Å². The Morgan fingerprint density at radius 3 is 2.96 bits per heavy atom. The lowest BCUT2D eigenvalue weighted by atomic mass is 9.87. The topological polar surface area (TPSA) is 53.0 Å². The lowest BCUT2D eigenvalue weighted by Crippen LogP contribution is -2.41. The monoisotopic (exact) mass is 352 g/mol. The average molecular weight is 352 g/mol. The number of aromatic amines is 1. The van der Waals surface area contributed by atoms with E-state index in [1.54, 1.807) is 0 Å². The normalized spacial score (nSPS) is 21.7. The molecule has 0 radical (unpaired) electrons. The SMILES string of the molecule is CN(Cc1ccc2cn[nH]c2c1)C[C@@H]1CCCN(C)[C@H]1c1ccnn1C. The zero-order chi connectivity index (χ0) is 18.1. The molecular weight excluding hydrogens is 324 g/mol. The Balaban J connectivity index is 1.47. The Labute approximate surface area is 154 Å². The van der Waals surface area contributed by atoms with E-state index < -0.39 is 0 Å². The van der Waals surface area contributed by atoms with Crippen LogP contribution in [-0.2, 0) is 13.6 Å². The first kappa shape index (κ1) is 17.2. The number of piperidine rings is 1. The van der Waals surface area contributed by atoms with Crippen LogP contribution in [0.3, 0.4) is 0 Å². The number of likely N-dealkylation sites (tertiary alicyclic amines) is 1. The number of aryl methyl sites for hydroxylation is 1. The van der Waals surface area contributed by atoms with E-state index in [1.807, 2.05) is 17.1 Å². The van der Waals surface area contributed by atoms with Crippen molar-refractivity contribution in [3.8, 4) is 0 Å². The van der Waals surface area contributed by atoms with E-state index in [0.29, 0.717) is 12.0 Å². The lowest BCUT2D eigenvalue weighted by Gasteiger charge is -2.40. The van der Waals surface area contributed by atoms with Gasteiger partial charge in [0, 0.05) is 31.7 Å². The summed E-state index contributed by atoms with van der Waals surface area (Å²) in [6, 6.07) is 9.18. The van der Waals surface area contributed by atoms with Crippen LogP contribution in [0.15, 0.2) is 36.7 Å². The molecule has 0 aliphatic carbocycles. The van der Waals surface area contributed by atoms with Crippen molar-refractivity contribution in [2.24, 2.45) is 13.0 Å². The van der Waals surface area contributed by atoms with Crippen LogP contribution < -0.4 is 0 Å². The van der Waals surface area contributed by atoms with Crippen molar-refractivity contribution in [3.05, 3.63) is 47.9 Å². The third-order valence-electron chi connectivity index (χ3n) is 5.67. The van der Waals surface area contributed by atoms with Gasteiger partial charge in [0.2, 0.25) is 0 Å². The molecule has 0 unspecified atom stereocenters. The smallest absolute Gasteiger partial charge is 0.0653 e. The second-order valence-corrected chi connectivity index (χ2v) is 7.70. The quantitative estimate of drug-likeness (QED) is 0.767. The zero-order valence-corrected chi connectivity index (χ0v) is 15.9. The van der Waals surface area contributed by atoms with Crippen molar-refractivity contribution in [1.29, 1.82) is 0 Å². The van der Waals surface area contributed by atoms with Crippen LogP contribution in [0.2, 0.25) is 0 Å². The van der Waals surface area contributed by atoms with Gasteiger partial charge in [-0.1, -0.05) is 12.1 Å². The van der Waals surface area contributed by atoms with Gasteiger partial charge in [0.25, 0.3) is 0 Å². The van der Waals surface area contributed by atoms with Gasteiger partial charge in [-0.05, 0) is 57.1 Å². The molecule has 3 aromatic rings. The van der Waals surface area contributed by atoms with Crippen LogP contribution in [-0.4, -0.2) is 57.0 Å². The summed E-state index contributed by atoms with van der Waals surface area (Å²) in [5.74, 6) is 0.616. The second kappa shape index (κ2) is 7.21. The summed E-state index contributed by atoms with van der Waals surface area (Å²) in [6.45, 7) is 3.20. The largest absolute Gasteiger partial charge is 0.302 e. The molecule has 3 heterocycles. The Bertz CT molecular complexity index is 866. The standard InChI is InChI=1S/C20H28N6/c1-24(13-15-6-7-16-12-21-23-18(16)11-15)14-17-5-4-10-25(2)20(17)19-8-9-22-26(19)3/h6-9,11-12,17,20H,4-5,10,13-14H2,1-3H3,(H,21,23)/t17-,20+/m0/s1. The number of hydrogen-bond donors (Lipinski definition) is 1. The summed E-state index contributed by atoms with van der Waals surface area (Å²) in [7, 11) is 6.53. The second-order valence-electron chi connectivity index (χ2n) is 7.70. The first-order valence-electron chi connectivity index (χ1n) is 9.40. The molecule has 2 atom stereocenters. The van der Waals surface area contributed by atoms with Crippen LogP contribution in [0.25, 0.3) is 10.9 Å². The number of aromatic nitrogens is 4. The molecule has 1 saturated heterocycles. The molecule has 0 spiro atoms. The van der Waals surface area contributed by atoms with Gasteiger partial charge >= 0.3 is 0 Å². The van der Waals surface area contributed by atoms with Crippen LogP contribution in [0.1, 0.15) is 30.1 Å². The summed E-state index contributed by atoms with van der Waals surface area (Å²) in [6.07, 6.45) is 6.32. The molecule has 26 heavy (non-hydrogen) atoms.